The highest BCUT2D eigenvalue weighted by atomic mass is 32.1. The Labute approximate surface area is 133 Å². The van der Waals surface area contributed by atoms with Crippen LogP contribution < -0.4 is 5.73 Å². The second kappa shape index (κ2) is 5.78. The van der Waals surface area contributed by atoms with E-state index in [9.17, 15) is 4.79 Å². The molecule has 0 bridgehead atoms. The minimum atomic E-state index is -0.447. The zero-order valence-electron chi connectivity index (χ0n) is 12.2. The highest BCUT2D eigenvalue weighted by molar-refractivity contribution is 7.17. The van der Waals surface area contributed by atoms with Crippen LogP contribution in [0.4, 0.5) is 0 Å². The van der Waals surface area contributed by atoms with Crippen LogP contribution >= 0.6 is 11.3 Å². The van der Waals surface area contributed by atoms with Crippen molar-refractivity contribution in [2.75, 3.05) is 13.1 Å². The highest BCUT2D eigenvalue weighted by Crippen LogP contribution is 2.38. The number of nitrogens with zero attached hydrogens (tertiary/aromatic N) is 3. The number of nitriles is 1. The van der Waals surface area contributed by atoms with Gasteiger partial charge in [-0.3, -0.25) is 4.79 Å². The van der Waals surface area contributed by atoms with Crippen molar-refractivity contribution in [1.82, 2.24) is 9.88 Å². The zero-order chi connectivity index (χ0) is 15.7. The molecule has 1 aromatic heterocycles. The number of carbonyl (C=O) groups is 1. The second-order valence-electron chi connectivity index (χ2n) is 5.55. The number of primary amides is 1. The fraction of sp³-hybridized carbons (Fsp3) is 0.312. The van der Waals surface area contributed by atoms with Crippen LogP contribution in [0, 0.1) is 17.4 Å². The van der Waals surface area contributed by atoms with Crippen LogP contribution in [0.1, 0.15) is 28.2 Å². The van der Waals surface area contributed by atoms with E-state index in [4.69, 9.17) is 11.0 Å². The molecule has 0 unspecified atom stereocenters. The molecule has 2 heterocycles. The summed E-state index contributed by atoms with van der Waals surface area (Å²) in [5.41, 5.74) is 7.25. The lowest BCUT2D eigenvalue weighted by atomic mass is 9.94. The molecule has 0 spiro atoms. The van der Waals surface area contributed by atoms with E-state index in [2.05, 4.69) is 18.1 Å². The van der Waals surface area contributed by atoms with Gasteiger partial charge in [0.25, 0.3) is 5.91 Å². The third-order valence-corrected chi connectivity index (χ3v) is 5.14. The highest BCUT2D eigenvalue weighted by Gasteiger charge is 2.35. The van der Waals surface area contributed by atoms with Gasteiger partial charge in [0, 0.05) is 24.6 Å². The summed E-state index contributed by atoms with van der Waals surface area (Å²) < 4.78 is 0. The first-order valence-corrected chi connectivity index (χ1v) is 7.92. The number of aromatic nitrogens is 1. The third kappa shape index (κ3) is 2.55. The van der Waals surface area contributed by atoms with Gasteiger partial charge in [0.05, 0.1) is 5.69 Å². The zero-order valence-corrected chi connectivity index (χ0v) is 13.0. The summed E-state index contributed by atoms with van der Waals surface area (Å²) in [5, 5.41) is 9.87. The molecule has 2 aromatic rings. The summed E-state index contributed by atoms with van der Waals surface area (Å²) in [4.78, 5) is 18.7. The first-order valence-electron chi connectivity index (χ1n) is 7.10. The first-order chi connectivity index (χ1) is 10.6. The molecule has 22 heavy (non-hydrogen) atoms. The predicted molar refractivity (Wildman–Crippen MR) is 85.2 cm³/mol. The lowest BCUT2D eigenvalue weighted by Gasteiger charge is -2.11. The van der Waals surface area contributed by atoms with Crippen LogP contribution in [-0.4, -0.2) is 28.9 Å². The quantitative estimate of drug-likeness (QED) is 0.882. The van der Waals surface area contributed by atoms with Gasteiger partial charge >= 0.3 is 0 Å². The summed E-state index contributed by atoms with van der Waals surface area (Å²) in [6.45, 7) is 3.36. The van der Waals surface area contributed by atoms with E-state index in [1.807, 2.05) is 30.3 Å². The second-order valence-corrected chi connectivity index (χ2v) is 6.55. The van der Waals surface area contributed by atoms with Crippen molar-refractivity contribution < 1.29 is 4.79 Å². The molecule has 2 N–H and O–H groups in total. The van der Waals surface area contributed by atoms with Crippen LogP contribution in [0.25, 0.3) is 10.6 Å². The third-order valence-electron chi connectivity index (χ3n) is 4.00. The Hall–Kier alpha value is -2.39. The molecule has 3 rings (SSSR count). The van der Waals surface area contributed by atoms with Crippen LogP contribution in [0.5, 0.6) is 0 Å². The molecular formula is C16H16N4OS. The van der Waals surface area contributed by atoms with E-state index in [0.29, 0.717) is 18.0 Å². The Morgan fingerprint density at radius 3 is 2.73 bits per heavy atom. The number of rotatable bonds is 3. The van der Waals surface area contributed by atoms with Crippen LogP contribution in [-0.2, 0) is 0 Å². The average Bonchev–Trinajstić information content (AvgIpc) is 3.11. The normalized spacial score (nSPS) is 20.8. The summed E-state index contributed by atoms with van der Waals surface area (Å²) in [6, 6.07) is 9.75. The van der Waals surface area contributed by atoms with Crippen LogP contribution in [0.3, 0.4) is 0 Å². The Balaban J connectivity index is 2.02. The number of hydrogen-bond donors (Lipinski definition) is 1. The van der Waals surface area contributed by atoms with Crippen LogP contribution in [0.2, 0.25) is 0 Å². The molecule has 2 atom stereocenters. The van der Waals surface area contributed by atoms with Gasteiger partial charge in [-0.15, -0.1) is 11.3 Å². The number of nitrogens with two attached hydrogens (primary N) is 1. The van der Waals surface area contributed by atoms with Crippen LogP contribution in [0.15, 0.2) is 30.3 Å². The van der Waals surface area contributed by atoms with E-state index < -0.39 is 5.91 Å². The average molecular weight is 312 g/mol. The van der Waals surface area contributed by atoms with Gasteiger partial charge < -0.3 is 10.6 Å². The maximum atomic E-state index is 11.8. The Morgan fingerprint density at radius 2 is 2.14 bits per heavy atom. The van der Waals surface area contributed by atoms with Gasteiger partial charge in [-0.2, -0.15) is 5.26 Å². The van der Waals surface area contributed by atoms with Crippen molar-refractivity contribution in [3.8, 4) is 16.8 Å². The van der Waals surface area contributed by atoms with E-state index >= 15 is 0 Å². The summed E-state index contributed by atoms with van der Waals surface area (Å²) in [7, 11) is 0. The molecule has 0 saturated carbocycles. The molecule has 1 saturated heterocycles. The summed E-state index contributed by atoms with van der Waals surface area (Å²) in [5.74, 6) is -0.114. The van der Waals surface area contributed by atoms with E-state index in [1.54, 1.807) is 4.90 Å². The number of hydrogen-bond acceptors (Lipinski definition) is 5. The lowest BCUT2D eigenvalue weighted by molar-refractivity contribution is 0.100. The van der Waals surface area contributed by atoms with Gasteiger partial charge in [0.1, 0.15) is 9.88 Å². The smallest absolute Gasteiger partial charge is 0.260 e. The number of carbonyl (C=O) groups excluding carboxylic acids is 1. The molecule has 0 radical (unpaired) electrons. The maximum Gasteiger partial charge on any atom is 0.260 e. The largest absolute Gasteiger partial charge is 0.365 e. The molecule has 1 aliphatic heterocycles. The fourth-order valence-corrected chi connectivity index (χ4v) is 3.86. The Morgan fingerprint density at radius 1 is 1.41 bits per heavy atom. The molecule has 5 nitrogen and oxygen atoms in total. The predicted octanol–water partition coefficient (Wildman–Crippen LogP) is 2.43. The van der Waals surface area contributed by atoms with Crippen molar-refractivity contribution in [2.24, 2.45) is 11.7 Å². The number of benzene rings is 1. The van der Waals surface area contributed by atoms with Gasteiger partial charge in [-0.1, -0.05) is 37.3 Å². The van der Waals surface area contributed by atoms with Crippen molar-refractivity contribution in [3.63, 3.8) is 0 Å². The summed E-state index contributed by atoms with van der Waals surface area (Å²) in [6.07, 6.45) is 2.17. The van der Waals surface area contributed by atoms with Crippen molar-refractivity contribution in [3.05, 3.63) is 40.9 Å². The molecule has 1 fully saturated rings. The van der Waals surface area contributed by atoms with Crippen molar-refractivity contribution >= 4 is 17.2 Å². The molecular weight excluding hydrogens is 296 g/mol. The SMILES string of the molecule is C[C@H]1CN(C#N)C[C@H]1c1nc(-c2ccccc2)sc1C(N)=O. The van der Waals surface area contributed by atoms with Gasteiger partial charge in [0.15, 0.2) is 6.19 Å². The monoisotopic (exact) mass is 312 g/mol. The van der Waals surface area contributed by atoms with Gasteiger partial charge in [-0.25, -0.2) is 4.98 Å². The number of amides is 1. The molecule has 6 heteroatoms. The van der Waals surface area contributed by atoms with E-state index in [-0.39, 0.29) is 11.8 Å². The minimum absolute atomic E-state index is 0.0656. The van der Waals surface area contributed by atoms with Crippen molar-refractivity contribution in [2.45, 2.75) is 12.8 Å². The molecule has 112 valence electrons. The summed E-state index contributed by atoms with van der Waals surface area (Å²) >= 11 is 1.33. The molecule has 1 aromatic carbocycles. The maximum absolute atomic E-state index is 11.8. The van der Waals surface area contributed by atoms with E-state index in [0.717, 1.165) is 16.3 Å². The standard InChI is InChI=1S/C16H16N4OS/c1-10-7-20(9-17)8-12(10)13-14(15(18)21)22-16(19-13)11-5-3-2-4-6-11/h2-6,10,12H,7-8H2,1H3,(H2,18,21)/t10-,12+/m0/s1. The lowest BCUT2D eigenvalue weighted by Crippen LogP contribution is -2.17. The van der Waals surface area contributed by atoms with Crippen molar-refractivity contribution in [1.29, 1.82) is 5.26 Å². The molecule has 0 aliphatic carbocycles. The van der Waals surface area contributed by atoms with E-state index in [1.165, 1.54) is 11.3 Å². The van der Waals surface area contributed by atoms with Gasteiger partial charge in [-0.05, 0) is 5.92 Å². The fourth-order valence-electron chi connectivity index (χ4n) is 2.87. The Kier molecular flexibility index (Phi) is 3.82. The molecule has 1 aliphatic rings. The first kappa shape index (κ1) is 14.5. The topological polar surface area (TPSA) is 83.0 Å². The minimum Gasteiger partial charge on any atom is -0.365 e. The molecule has 1 amide bonds. The number of likely N-dealkylation sites (tertiary alicyclic amines) is 1. The number of thiazole rings is 1. The Bertz CT molecular complexity index is 734. The van der Waals surface area contributed by atoms with Gasteiger partial charge in [0.2, 0.25) is 0 Å².